The molecule has 1 aliphatic heterocycles. The maximum atomic E-state index is 12.7. The first-order valence-electron chi connectivity index (χ1n) is 8.50. The first-order valence-corrected chi connectivity index (χ1v) is 8.50. The molecule has 5 nitrogen and oxygen atoms in total. The van der Waals surface area contributed by atoms with Gasteiger partial charge in [0.05, 0.1) is 12.5 Å². The first-order chi connectivity index (χ1) is 10.2. The molecule has 2 unspecified atom stereocenters. The molecule has 3 rings (SSSR count). The Balaban J connectivity index is 1.59. The topological polar surface area (TPSA) is 66.6 Å². The Labute approximate surface area is 126 Å². The molecule has 5 heteroatoms. The van der Waals surface area contributed by atoms with Gasteiger partial charge in [-0.2, -0.15) is 0 Å². The average Bonchev–Trinajstić information content (AvgIpc) is 3.27. The molecule has 2 N–H and O–H groups in total. The third-order valence-corrected chi connectivity index (χ3v) is 5.19. The maximum Gasteiger partial charge on any atom is 0.242 e. The van der Waals surface area contributed by atoms with Gasteiger partial charge in [0, 0.05) is 25.2 Å². The summed E-state index contributed by atoms with van der Waals surface area (Å²) in [6.07, 6.45) is 8.72. The van der Waals surface area contributed by atoms with Crippen molar-refractivity contribution in [1.29, 1.82) is 0 Å². The summed E-state index contributed by atoms with van der Waals surface area (Å²) in [7, 11) is 0. The van der Waals surface area contributed by atoms with Gasteiger partial charge >= 0.3 is 0 Å². The summed E-state index contributed by atoms with van der Waals surface area (Å²) in [5, 5.41) is 0. The molecule has 2 aliphatic carbocycles. The lowest BCUT2D eigenvalue weighted by Crippen LogP contribution is -2.55. The number of amides is 2. The Hall–Kier alpha value is -1.10. The number of piperazine rings is 1. The van der Waals surface area contributed by atoms with Gasteiger partial charge in [-0.15, -0.1) is 0 Å². The lowest BCUT2D eigenvalue weighted by atomic mass is 9.86. The lowest BCUT2D eigenvalue weighted by molar-refractivity contribution is -0.148. The van der Waals surface area contributed by atoms with Crippen molar-refractivity contribution >= 4 is 11.8 Å². The normalized spacial score (nSPS) is 31.8. The van der Waals surface area contributed by atoms with Crippen molar-refractivity contribution in [3.05, 3.63) is 0 Å². The van der Waals surface area contributed by atoms with Crippen LogP contribution in [0.25, 0.3) is 0 Å². The van der Waals surface area contributed by atoms with E-state index >= 15 is 0 Å². The van der Waals surface area contributed by atoms with Gasteiger partial charge in [0.1, 0.15) is 0 Å². The average molecular weight is 293 g/mol. The third-order valence-electron chi connectivity index (χ3n) is 5.19. The molecule has 118 valence electrons. The number of carbonyl (C=O) groups excluding carboxylic acids is 2. The Morgan fingerprint density at radius 1 is 1.00 bits per heavy atom. The van der Waals surface area contributed by atoms with E-state index in [-0.39, 0.29) is 30.3 Å². The predicted octanol–water partition coefficient (Wildman–Crippen LogP) is 1.12. The molecule has 2 saturated carbocycles. The number of nitrogens with zero attached hydrogens (tertiary/aromatic N) is 2. The van der Waals surface area contributed by atoms with Crippen molar-refractivity contribution in [1.82, 2.24) is 9.80 Å². The van der Waals surface area contributed by atoms with E-state index < -0.39 is 0 Å². The van der Waals surface area contributed by atoms with Gasteiger partial charge in [0.15, 0.2) is 0 Å². The van der Waals surface area contributed by atoms with Gasteiger partial charge in [-0.05, 0) is 25.7 Å². The van der Waals surface area contributed by atoms with E-state index in [0.717, 1.165) is 38.5 Å². The first kappa shape index (κ1) is 14.8. The van der Waals surface area contributed by atoms with Crippen LogP contribution in [0.4, 0.5) is 0 Å². The smallest absolute Gasteiger partial charge is 0.242 e. The standard InChI is InChI=1S/C16H27N3O2/c17-14-6-4-2-1-3-5-13(14)16(21)18-9-10-19(12-7-8-12)15(20)11-18/h12-14H,1-11,17H2. The summed E-state index contributed by atoms with van der Waals surface area (Å²) in [4.78, 5) is 28.6. The highest BCUT2D eigenvalue weighted by Crippen LogP contribution is 2.29. The molecule has 0 bridgehead atoms. The molecule has 3 fully saturated rings. The minimum atomic E-state index is -0.0782. The highest BCUT2D eigenvalue weighted by Gasteiger charge is 2.38. The number of nitrogens with two attached hydrogens (primary N) is 1. The lowest BCUT2D eigenvalue weighted by Gasteiger charge is -2.37. The van der Waals surface area contributed by atoms with Gasteiger partial charge in [0.25, 0.3) is 0 Å². The van der Waals surface area contributed by atoms with Crippen LogP contribution in [0.3, 0.4) is 0 Å². The highest BCUT2D eigenvalue weighted by atomic mass is 16.2. The quantitative estimate of drug-likeness (QED) is 0.829. The number of rotatable bonds is 2. The van der Waals surface area contributed by atoms with Gasteiger partial charge in [0.2, 0.25) is 11.8 Å². The van der Waals surface area contributed by atoms with Crippen LogP contribution in [0.15, 0.2) is 0 Å². The third kappa shape index (κ3) is 3.39. The van der Waals surface area contributed by atoms with Gasteiger partial charge in [-0.25, -0.2) is 0 Å². The summed E-state index contributed by atoms with van der Waals surface area (Å²) in [5.74, 6) is 0.162. The zero-order valence-electron chi connectivity index (χ0n) is 12.8. The fourth-order valence-corrected chi connectivity index (χ4v) is 3.70. The maximum absolute atomic E-state index is 12.7. The van der Waals surface area contributed by atoms with Crippen molar-refractivity contribution in [2.24, 2.45) is 11.7 Å². The molecular weight excluding hydrogens is 266 g/mol. The monoisotopic (exact) mass is 293 g/mol. The van der Waals surface area contributed by atoms with Gasteiger partial charge < -0.3 is 15.5 Å². The second-order valence-electron chi connectivity index (χ2n) is 6.84. The fraction of sp³-hybridized carbons (Fsp3) is 0.875. The molecular formula is C16H27N3O2. The molecule has 0 aromatic rings. The van der Waals surface area contributed by atoms with Crippen molar-refractivity contribution in [2.75, 3.05) is 19.6 Å². The van der Waals surface area contributed by atoms with Crippen LogP contribution in [0.5, 0.6) is 0 Å². The summed E-state index contributed by atoms with van der Waals surface area (Å²) in [6.45, 7) is 1.65. The van der Waals surface area contributed by atoms with Crippen LogP contribution in [0.2, 0.25) is 0 Å². The Morgan fingerprint density at radius 3 is 2.38 bits per heavy atom. The molecule has 0 radical (unpaired) electrons. The van der Waals surface area contributed by atoms with E-state index in [2.05, 4.69) is 0 Å². The van der Waals surface area contributed by atoms with E-state index in [1.165, 1.54) is 12.8 Å². The minimum Gasteiger partial charge on any atom is -0.336 e. The molecule has 3 aliphatic rings. The summed E-state index contributed by atoms with van der Waals surface area (Å²) in [5.41, 5.74) is 6.23. The van der Waals surface area contributed by atoms with E-state index in [4.69, 9.17) is 5.73 Å². The molecule has 2 amide bonds. The SMILES string of the molecule is NC1CCCCCCC1C(=O)N1CCN(C2CC2)C(=O)C1. The molecule has 1 heterocycles. The fourth-order valence-electron chi connectivity index (χ4n) is 3.70. The second-order valence-corrected chi connectivity index (χ2v) is 6.84. The van der Waals surface area contributed by atoms with Crippen molar-refractivity contribution in [2.45, 2.75) is 63.5 Å². The van der Waals surface area contributed by atoms with E-state index in [1.807, 2.05) is 4.90 Å². The van der Waals surface area contributed by atoms with Gasteiger partial charge in [-0.1, -0.05) is 25.7 Å². The van der Waals surface area contributed by atoms with E-state index in [0.29, 0.717) is 19.1 Å². The number of carbonyl (C=O) groups is 2. The van der Waals surface area contributed by atoms with Crippen molar-refractivity contribution in [3.8, 4) is 0 Å². The molecule has 0 aromatic heterocycles. The number of hydrogen-bond donors (Lipinski definition) is 1. The molecule has 0 spiro atoms. The zero-order valence-corrected chi connectivity index (χ0v) is 12.8. The Bertz CT molecular complexity index is 408. The van der Waals surface area contributed by atoms with Crippen LogP contribution in [0.1, 0.15) is 51.4 Å². The largest absolute Gasteiger partial charge is 0.336 e. The number of hydrogen-bond acceptors (Lipinski definition) is 3. The highest BCUT2D eigenvalue weighted by molar-refractivity contribution is 5.87. The molecule has 1 saturated heterocycles. The second kappa shape index (κ2) is 6.34. The van der Waals surface area contributed by atoms with Crippen LogP contribution in [0, 0.1) is 5.92 Å². The summed E-state index contributed by atoms with van der Waals surface area (Å²) < 4.78 is 0. The van der Waals surface area contributed by atoms with Crippen LogP contribution < -0.4 is 5.73 Å². The Kier molecular flexibility index (Phi) is 4.48. The van der Waals surface area contributed by atoms with Crippen molar-refractivity contribution < 1.29 is 9.59 Å². The molecule has 2 atom stereocenters. The van der Waals surface area contributed by atoms with Crippen molar-refractivity contribution in [3.63, 3.8) is 0 Å². The minimum absolute atomic E-state index is 0.0330. The van der Waals surface area contributed by atoms with Crippen LogP contribution in [-0.2, 0) is 9.59 Å². The van der Waals surface area contributed by atoms with E-state index in [9.17, 15) is 9.59 Å². The van der Waals surface area contributed by atoms with Crippen LogP contribution in [-0.4, -0.2) is 53.3 Å². The van der Waals surface area contributed by atoms with Gasteiger partial charge in [-0.3, -0.25) is 9.59 Å². The summed E-state index contributed by atoms with van der Waals surface area (Å²) in [6, 6.07) is 0.424. The molecule has 21 heavy (non-hydrogen) atoms. The Morgan fingerprint density at radius 2 is 1.71 bits per heavy atom. The zero-order chi connectivity index (χ0) is 14.8. The van der Waals surface area contributed by atoms with E-state index in [1.54, 1.807) is 4.90 Å². The van der Waals surface area contributed by atoms with Crippen LogP contribution >= 0.6 is 0 Å². The molecule has 0 aromatic carbocycles. The summed E-state index contributed by atoms with van der Waals surface area (Å²) >= 11 is 0. The predicted molar refractivity (Wildman–Crippen MR) is 80.5 cm³/mol.